The van der Waals surface area contributed by atoms with Crippen molar-refractivity contribution in [3.05, 3.63) is 0 Å². The Hall–Kier alpha value is -10.4. The zero-order chi connectivity index (χ0) is 113. The Morgan fingerprint density at radius 3 is 0.194 bits per heavy atom. The van der Waals surface area contributed by atoms with Crippen molar-refractivity contribution in [1.82, 2.24) is 0 Å². The second kappa shape index (κ2) is 167. The molecule has 0 aliphatic carbocycles. The van der Waals surface area contributed by atoms with Gasteiger partial charge in [0.1, 0.15) is 0 Å². The van der Waals surface area contributed by atoms with E-state index in [1.54, 1.807) is 0 Å². The number of carbonyl (C=O) groups is 20. The molecule has 39 heteroatoms. The molecule has 0 aliphatic rings. The standard InChI is InChI=1S/C10H18O3.18C5H10O2/c1-3-5-7-9(11)13-10(12)8-6-4-2;18*1-2-3-4-5(6)7/h3-8H2,1-2H3;18*2-4H2,1H3,(H,6,7). The SMILES string of the molecule is CCCCC(=O)O.CCCCC(=O)O.CCCCC(=O)O.CCCCC(=O)O.CCCCC(=O)O.CCCCC(=O)O.CCCCC(=O)O.CCCCC(=O)O.CCCCC(=O)O.CCCCC(=O)O.CCCCC(=O)O.CCCCC(=O)O.CCCCC(=O)O.CCCCC(=O)O.CCCCC(=O)O.CCCCC(=O)O.CCCCC(=O)O.CCCCC(=O)O.CCCCC(=O)OC(=O)CCCC. The molecule has 0 bridgehead atoms. The first-order valence-electron chi connectivity index (χ1n) is 49.7. The first-order valence-corrected chi connectivity index (χ1v) is 49.7. The average Bonchev–Trinajstić information content (AvgIpc) is 0.998. The van der Waals surface area contributed by atoms with E-state index in [0.717, 1.165) is 257 Å². The van der Waals surface area contributed by atoms with Crippen LogP contribution in [0.25, 0.3) is 0 Å². The first kappa shape index (κ1) is 174. The molecule has 18 N–H and O–H groups in total. The molecular formula is C100H198O39. The molecule has 832 valence electrons. The Balaban J connectivity index is -0.0000000645. The van der Waals surface area contributed by atoms with E-state index >= 15 is 0 Å². The number of unbranched alkanes of at least 4 members (excludes halogenated alkanes) is 20. The molecule has 0 atom stereocenters. The van der Waals surface area contributed by atoms with E-state index < -0.39 is 107 Å². The zero-order valence-corrected chi connectivity index (χ0v) is 89.0. The van der Waals surface area contributed by atoms with Crippen LogP contribution in [-0.4, -0.2) is 211 Å². The molecule has 0 heterocycles. The maximum atomic E-state index is 10.9. The summed E-state index contributed by atoms with van der Waals surface area (Å²) in [5.41, 5.74) is 0. The van der Waals surface area contributed by atoms with Crippen molar-refractivity contribution >= 4 is 119 Å². The third kappa shape index (κ3) is 372. The van der Waals surface area contributed by atoms with Crippen LogP contribution >= 0.6 is 0 Å². The van der Waals surface area contributed by atoms with E-state index in [0.29, 0.717) is 128 Å². The molecule has 0 radical (unpaired) electrons. The van der Waals surface area contributed by atoms with Crippen LogP contribution in [0.15, 0.2) is 0 Å². The summed E-state index contributed by atoms with van der Waals surface area (Å²) in [6.07, 6.45) is 41.6. The second-order valence-corrected chi connectivity index (χ2v) is 30.0. The largest absolute Gasteiger partial charge is 0.481 e. The molecule has 0 rings (SSSR count). The summed E-state index contributed by atoms with van der Waals surface area (Å²) in [7, 11) is 0. The van der Waals surface area contributed by atoms with Crippen LogP contribution in [0.3, 0.4) is 0 Å². The number of carboxylic acids is 18. The molecule has 39 nitrogen and oxygen atoms in total. The molecule has 0 spiro atoms. The number of carbonyl (C=O) groups excluding carboxylic acids is 2. The minimum atomic E-state index is -0.693. The Morgan fingerprint density at radius 2 is 0.158 bits per heavy atom. The van der Waals surface area contributed by atoms with Crippen LogP contribution < -0.4 is 0 Å². The predicted molar refractivity (Wildman–Crippen MR) is 539 cm³/mol. The van der Waals surface area contributed by atoms with E-state index in [-0.39, 0.29) is 11.9 Å². The topological polar surface area (TPSA) is 715 Å². The quantitative estimate of drug-likeness (QED) is 0.0199. The molecular weight excluding hydrogens is 1830 g/mol. The summed E-state index contributed by atoms with van der Waals surface area (Å²) in [6, 6.07) is 0. The zero-order valence-electron chi connectivity index (χ0n) is 89.0. The maximum absolute atomic E-state index is 10.9. The van der Waals surface area contributed by atoms with Gasteiger partial charge in [0.15, 0.2) is 0 Å². The summed E-state index contributed by atoms with van der Waals surface area (Å²) in [5.74, 6) is -13.2. The van der Waals surface area contributed by atoms with Crippen LogP contribution in [0.4, 0.5) is 0 Å². The van der Waals surface area contributed by atoms with E-state index in [2.05, 4.69) is 4.74 Å². The van der Waals surface area contributed by atoms with Crippen molar-refractivity contribution in [3.63, 3.8) is 0 Å². The van der Waals surface area contributed by atoms with Gasteiger partial charge in [-0.2, -0.15) is 0 Å². The Bertz CT molecular complexity index is 2060. The molecule has 0 unspecified atom stereocenters. The third-order valence-electron chi connectivity index (χ3n) is 15.1. The van der Waals surface area contributed by atoms with Crippen molar-refractivity contribution in [2.24, 2.45) is 0 Å². The van der Waals surface area contributed by atoms with Crippen LogP contribution in [0.2, 0.25) is 0 Å². The number of rotatable bonds is 60. The van der Waals surface area contributed by atoms with Crippen molar-refractivity contribution in [3.8, 4) is 0 Å². The molecule has 0 aromatic carbocycles. The lowest BCUT2D eigenvalue weighted by Crippen LogP contribution is -2.11. The number of esters is 2. The van der Waals surface area contributed by atoms with Gasteiger partial charge in [-0.15, -0.1) is 0 Å². The van der Waals surface area contributed by atoms with Crippen LogP contribution in [0, 0.1) is 0 Å². The van der Waals surface area contributed by atoms with Crippen molar-refractivity contribution < 1.29 is 193 Å². The highest BCUT2D eigenvalue weighted by atomic mass is 16.6. The second-order valence-electron chi connectivity index (χ2n) is 30.0. The van der Waals surface area contributed by atoms with Gasteiger partial charge >= 0.3 is 119 Å². The lowest BCUT2D eigenvalue weighted by Gasteiger charge is -2.00. The molecule has 0 aliphatic heterocycles. The van der Waals surface area contributed by atoms with Crippen LogP contribution in [0.1, 0.15) is 524 Å². The van der Waals surface area contributed by atoms with E-state index in [4.69, 9.17) is 91.9 Å². The normalized spacial score (nSPS) is 8.81. The monoisotopic (exact) mass is 2020 g/mol. The van der Waals surface area contributed by atoms with Gasteiger partial charge in [0.2, 0.25) is 0 Å². The van der Waals surface area contributed by atoms with Gasteiger partial charge in [-0.05, 0) is 128 Å². The van der Waals surface area contributed by atoms with E-state index in [1.165, 1.54) is 0 Å². The maximum Gasteiger partial charge on any atom is 0.313 e. The summed E-state index contributed by atoms with van der Waals surface area (Å²) in [4.78, 5) is 198. The Labute approximate surface area is 832 Å². The van der Waals surface area contributed by atoms with Gasteiger partial charge in [0.25, 0.3) is 0 Å². The highest BCUT2D eigenvalue weighted by molar-refractivity contribution is 5.85. The molecule has 0 saturated carbocycles. The number of ether oxygens (including phenoxy) is 1. The predicted octanol–water partition coefficient (Wildman–Crippen LogP) is 25.1. The van der Waals surface area contributed by atoms with Crippen molar-refractivity contribution in [2.75, 3.05) is 0 Å². The number of hydrogen-bond donors (Lipinski definition) is 18. The van der Waals surface area contributed by atoms with Gasteiger partial charge in [0, 0.05) is 128 Å². The Kier molecular flexibility index (Phi) is 210. The summed E-state index contributed by atoms with van der Waals surface area (Å²) >= 11 is 0. The third-order valence-corrected chi connectivity index (χ3v) is 15.1. The fourth-order valence-electron chi connectivity index (χ4n) is 6.78. The minimum absolute atomic E-state index is 0.316. The molecule has 0 aromatic heterocycles. The molecule has 0 fully saturated rings. The van der Waals surface area contributed by atoms with E-state index in [1.807, 2.05) is 138 Å². The van der Waals surface area contributed by atoms with Crippen molar-refractivity contribution in [2.45, 2.75) is 524 Å². The van der Waals surface area contributed by atoms with E-state index in [9.17, 15) is 95.9 Å². The van der Waals surface area contributed by atoms with Gasteiger partial charge < -0.3 is 96.7 Å². The van der Waals surface area contributed by atoms with Gasteiger partial charge in [0.05, 0.1) is 0 Å². The lowest BCUT2D eigenvalue weighted by atomic mass is 10.2. The average molecular weight is 2020 g/mol. The molecule has 0 amide bonds. The smallest absolute Gasteiger partial charge is 0.313 e. The highest BCUT2D eigenvalue weighted by Gasteiger charge is 2.09. The lowest BCUT2D eigenvalue weighted by molar-refractivity contribution is -0.160. The van der Waals surface area contributed by atoms with Gasteiger partial charge in [-0.3, -0.25) is 95.9 Å². The molecule has 0 saturated heterocycles. The summed E-state index contributed by atoms with van der Waals surface area (Å²) in [6.45, 7) is 39.5. The number of carboxylic acid groups (broad SMARTS) is 18. The fraction of sp³-hybridized carbons (Fsp3) is 0.800. The summed E-state index contributed by atoms with van der Waals surface area (Å²) < 4.78 is 4.58. The first-order chi connectivity index (χ1) is 65.1. The Morgan fingerprint density at radius 1 is 0.108 bits per heavy atom. The minimum Gasteiger partial charge on any atom is -0.481 e. The summed E-state index contributed by atoms with van der Waals surface area (Å²) in [5, 5.41) is 145. The van der Waals surface area contributed by atoms with Gasteiger partial charge in [-0.25, -0.2) is 0 Å². The van der Waals surface area contributed by atoms with Gasteiger partial charge in [-0.1, -0.05) is 267 Å². The van der Waals surface area contributed by atoms with Crippen LogP contribution in [0.5, 0.6) is 0 Å². The number of hydrogen-bond acceptors (Lipinski definition) is 21. The molecule has 139 heavy (non-hydrogen) atoms. The van der Waals surface area contributed by atoms with Crippen molar-refractivity contribution in [1.29, 1.82) is 0 Å². The fourth-order valence-corrected chi connectivity index (χ4v) is 6.78. The molecule has 0 aromatic rings. The highest BCUT2D eigenvalue weighted by Crippen LogP contribution is 2.04. The van der Waals surface area contributed by atoms with Crippen LogP contribution in [-0.2, 0) is 101 Å². The number of aliphatic carboxylic acids is 18.